The molecule has 0 atom stereocenters. The number of hydrogen-bond acceptors (Lipinski definition) is 4. The normalized spacial score (nSPS) is 15.9. The van der Waals surface area contributed by atoms with Crippen molar-refractivity contribution in [2.45, 2.75) is 39.2 Å². The van der Waals surface area contributed by atoms with Gasteiger partial charge in [-0.25, -0.2) is 9.18 Å². The van der Waals surface area contributed by atoms with Crippen molar-refractivity contribution < 1.29 is 13.5 Å². The van der Waals surface area contributed by atoms with Crippen LogP contribution in [0, 0.1) is 12.7 Å². The van der Waals surface area contributed by atoms with E-state index in [1.807, 2.05) is 17.9 Å². The lowest BCUT2D eigenvalue weighted by Gasteiger charge is -2.32. The van der Waals surface area contributed by atoms with Gasteiger partial charge in [0, 0.05) is 33.1 Å². The Morgan fingerprint density at radius 3 is 2.71 bits per heavy atom. The highest BCUT2D eigenvalue weighted by Gasteiger charge is 2.26. The van der Waals surface area contributed by atoms with Gasteiger partial charge in [0.2, 0.25) is 0 Å². The van der Waals surface area contributed by atoms with E-state index >= 15 is 0 Å². The van der Waals surface area contributed by atoms with Crippen LogP contribution in [0.5, 0.6) is 5.75 Å². The van der Waals surface area contributed by atoms with Crippen LogP contribution in [0.1, 0.15) is 35.1 Å². The molecule has 6 heteroatoms. The van der Waals surface area contributed by atoms with Gasteiger partial charge >= 0.3 is 5.63 Å². The Morgan fingerprint density at radius 2 is 1.93 bits per heavy atom. The van der Waals surface area contributed by atoms with E-state index in [2.05, 4.69) is 22.0 Å². The molecule has 0 saturated heterocycles. The number of benzene rings is 2. The van der Waals surface area contributed by atoms with E-state index in [0.717, 1.165) is 59.1 Å². The number of ether oxygens (including phenoxy) is 1. The van der Waals surface area contributed by atoms with Gasteiger partial charge in [0.15, 0.2) is 6.73 Å². The first-order valence-corrected chi connectivity index (χ1v) is 10.3. The number of hydrogen-bond donors (Lipinski definition) is 0. The van der Waals surface area contributed by atoms with Gasteiger partial charge in [0.05, 0.1) is 5.69 Å². The molecule has 0 radical (unpaired) electrons. The largest absolute Gasteiger partial charge is 0.472 e. The highest BCUT2D eigenvalue weighted by Crippen LogP contribution is 2.39. The van der Waals surface area contributed by atoms with Gasteiger partial charge in [0.25, 0.3) is 0 Å². The van der Waals surface area contributed by atoms with Crippen molar-refractivity contribution in [3.05, 3.63) is 67.2 Å². The summed E-state index contributed by atoms with van der Waals surface area (Å²) >= 11 is 3.30. The first-order chi connectivity index (χ1) is 13.5. The second-order valence-corrected chi connectivity index (χ2v) is 8.40. The molecule has 1 aliphatic carbocycles. The van der Waals surface area contributed by atoms with Crippen LogP contribution in [-0.4, -0.2) is 6.73 Å². The molecule has 0 N–H and O–H groups in total. The monoisotopic (exact) mass is 443 g/mol. The van der Waals surface area contributed by atoms with E-state index in [1.165, 1.54) is 6.07 Å². The molecule has 0 bridgehead atoms. The lowest BCUT2D eigenvalue weighted by Crippen LogP contribution is -2.33. The molecule has 2 aliphatic rings. The first-order valence-electron chi connectivity index (χ1n) is 9.47. The van der Waals surface area contributed by atoms with E-state index in [9.17, 15) is 9.18 Å². The molecule has 28 heavy (non-hydrogen) atoms. The minimum absolute atomic E-state index is 0.223. The summed E-state index contributed by atoms with van der Waals surface area (Å²) in [4.78, 5) is 14.3. The number of halogens is 2. The number of fused-ring (bicyclic) bond motifs is 4. The predicted molar refractivity (Wildman–Crippen MR) is 110 cm³/mol. The van der Waals surface area contributed by atoms with Gasteiger partial charge < -0.3 is 14.1 Å². The summed E-state index contributed by atoms with van der Waals surface area (Å²) in [5.41, 5.74) is 4.65. The zero-order chi connectivity index (χ0) is 19.4. The lowest BCUT2D eigenvalue weighted by atomic mass is 9.89. The Bertz CT molecular complexity index is 1170. The van der Waals surface area contributed by atoms with Crippen LogP contribution in [0.2, 0.25) is 0 Å². The highest BCUT2D eigenvalue weighted by atomic mass is 79.9. The second kappa shape index (κ2) is 6.62. The van der Waals surface area contributed by atoms with Crippen molar-refractivity contribution in [3.8, 4) is 5.75 Å². The summed E-state index contributed by atoms with van der Waals surface area (Å²) in [7, 11) is 0. The molecule has 0 spiro atoms. The lowest BCUT2D eigenvalue weighted by molar-refractivity contribution is 0.285. The molecule has 0 fully saturated rings. The Balaban J connectivity index is 1.64. The van der Waals surface area contributed by atoms with Gasteiger partial charge in [-0.05, 0) is 62.4 Å². The van der Waals surface area contributed by atoms with Crippen molar-refractivity contribution in [1.29, 1.82) is 0 Å². The zero-order valence-corrected chi connectivity index (χ0v) is 17.1. The molecule has 144 valence electrons. The van der Waals surface area contributed by atoms with Gasteiger partial charge in [-0.3, -0.25) is 0 Å². The third-order valence-corrected chi connectivity index (χ3v) is 6.24. The van der Waals surface area contributed by atoms with Gasteiger partial charge in [-0.1, -0.05) is 15.9 Å². The van der Waals surface area contributed by atoms with Crippen molar-refractivity contribution in [1.82, 2.24) is 0 Å². The minimum atomic E-state index is -0.290. The molecule has 0 unspecified atom stereocenters. The summed E-state index contributed by atoms with van der Waals surface area (Å²) in [6.45, 7) is 2.71. The Kier molecular flexibility index (Phi) is 4.19. The fourth-order valence-electron chi connectivity index (χ4n) is 4.39. The van der Waals surface area contributed by atoms with Crippen LogP contribution in [0.4, 0.5) is 10.1 Å². The van der Waals surface area contributed by atoms with E-state index < -0.39 is 0 Å². The van der Waals surface area contributed by atoms with Crippen LogP contribution >= 0.6 is 15.9 Å². The summed E-state index contributed by atoms with van der Waals surface area (Å²) < 4.78 is 26.8. The Hall–Kier alpha value is -2.34. The van der Waals surface area contributed by atoms with Gasteiger partial charge in [-0.15, -0.1) is 0 Å². The summed E-state index contributed by atoms with van der Waals surface area (Å²) in [6.07, 6.45) is 3.76. The molecule has 5 rings (SSSR count). The van der Waals surface area contributed by atoms with E-state index in [4.69, 9.17) is 9.15 Å². The summed E-state index contributed by atoms with van der Waals surface area (Å²) in [5, 5.41) is 0.993. The smallest absolute Gasteiger partial charge is 0.339 e. The molecular formula is C22H19BrFNO3. The van der Waals surface area contributed by atoms with Crippen LogP contribution in [0.3, 0.4) is 0 Å². The van der Waals surface area contributed by atoms with Crippen LogP contribution in [-0.2, 0) is 19.4 Å². The average Bonchev–Trinajstić information content (AvgIpc) is 2.69. The third-order valence-electron chi connectivity index (χ3n) is 5.75. The minimum Gasteiger partial charge on any atom is -0.472 e. The SMILES string of the molecule is Cc1c2c(cc3c4c(c(=O)oc13)CCCC4)CN(c1ccc(Br)cc1F)CO2. The number of aryl methyl sites for hydroxylation is 2. The fraction of sp³-hybridized carbons (Fsp3) is 0.318. The van der Waals surface area contributed by atoms with Crippen molar-refractivity contribution >= 4 is 32.6 Å². The molecule has 1 aromatic heterocycles. The van der Waals surface area contributed by atoms with Crippen molar-refractivity contribution in [2.24, 2.45) is 0 Å². The standard InChI is InChI=1S/C22H19BrFNO3/c1-12-20-13(10-25(11-27-20)19-7-6-14(23)9-18(19)24)8-17-15-4-2-3-5-16(15)22(26)28-21(12)17/h6-9H,2-5,10-11H2,1H3. The Labute approximate surface area is 170 Å². The fourth-order valence-corrected chi connectivity index (χ4v) is 4.73. The van der Waals surface area contributed by atoms with Crippen LogP contribution in [0.25, 0.3) is 11.0 Å². The third kappa shape index (κ3) is 2.73. The van der Waals surface area contributed by atoms with E-state index in [1.54, 1.807) is 6.07 Å². The number of nitrogens with zero attached hydrogens (tertiary/aromatic N) is 1. The van der Waals surface area contributed by atoms with Gasteiger partial charge in [-0.2, -0.15) is 0 Å². The van der Waals surface area contributed by atoms with Crippen molar-refractivity contribution in [3.63, 3.8) is 0 Å². The molecule has 0 amide bonds. The molecule has 2 heterocycles. The summed E-state index contributed by atoms with van der Waals surface area (Å²) in [5.74, 6) is 0.447. The molecule has 1 aliphatic heterocycles. The maximum absolute atomic E-state index is 14.4. The van der Waals surface area contributed by atoms with Gasteiger partial charge in [0.1, 0.15) is 17.1 Å². The average molecular weight is 444 g/mol. The van der Waals surface area contributed by atoms with E-state index in [0.29, 0.717) is 22.3 Å². The number of rotatable bonds is 1. The van der Waals surface area contributed by atoms with Crippen LogP contribution in [0.15, 0.2) is 37.9 Å². The molecule has 0 saturated carbocycles. The molecule has 4 nitrogen and oxygen atoms in total. The topological polar surface area (TPSA) is 42.7 Å². The quantitative estimate of drug-likeness (QED) is 0.482. The maximum atomic E-state index is 14.4. The molecular weight excluding hydrogens is 425 g/mol. The molecule has 3 aromatic rings. The zero-order valence-electron chi connectivity index (χ0n) is 15.5. The summed E-state index contributed by atoms with van der Waals surface area (Å²) in [6, 6.07) is 7.10. The second-order valence-electron chi connectivity index (χ2n) is 7.49. The first kappa shape index (κ1) is 17.7. The predicted octanol–water partition coefficient (Wildman–Crippen LogP) is 5.24. The maximum Gasteiger partial charge on any atom is 0.339 e. The Morgan fingerprint density at radius 1 is 1.14 bits per heavy atom. The number of anilines is 1. The molecule has 2 aromatic carbocycles. The highest BCUT2D eigenvalue weighted by molar-refractivity contribution is 9.10. The van der Waals surface area contributed by atoms with Crippen molar-refractivity contribution in [2.75, 3.05) is 11.6 Å². The van der Waals surface area contributed by atoms with E-state index in [-0.39, 0.29) is 18.2 Å². The van der Waals surface area contributed by atoms with Crippen LogP contribution < -0.4 is 15.3 Å².